The van der Waals surface area contributed by atoms with Gasteiger partial charge in [0.15, 0.2) is 5.56 Å². The molecule has 0 aliphatic heterocycles. The molecule has 3 rings (SSSR count). The Labute approximate surface area is 193 Å². The van der Waals surface area contributed by atoms with Crippen LogP contribution in [0, 0.1) is 0 Å². The summed E-state index contributed by atoms with van der Waals surface area (Å²) in [5.41, 5.74) is 0.965. The number of carbonyl (C=O) groups excluding carboxylic acids is 1. The summed E-state index contributed by atoms with van der Waals surface area (Å²) in [6, 6.07) is 8.54. The number of halogens is 1. The number of fused-ring (bicyclic) bond motifs is 1. The molecule has 1 aromatic heterocycles. The Morgan fingerprint density at radius 2 is 1.59 bits per heavy atom. The minimum atomic E-state index is -0.782. The number of phenolic OH excluding ortho intramolecular Hbond substituents is 1. The topological polar surface area (TPSA) is 76.7 Å². The van der Waals surface area contributed by atoms with Gasteiger partial charge in [-0.2, -0.15) is 0 Å². The zero-order chi connectivity index (χ0) is 24.0. The van der Waals surface area contributed by atoms with Crippen LogP contribution < -0.4 is 5.63 Å². The lowest BCUT2D eigenvalue weighted by molar-refractivity contribution is 0.0522. The lowest BCUT2D eigenvalue weighted by Crippen LogP contribution is -2.20. The second kappa shape index (κ2) is 8.28. The molecule has 32 heavy (non-hydrogen) atoms. The van der Waals surface area contributed by atoms with Crippen LogP contribution in [0.15, 0.2) is 39.5 Å². The van der Waals surface area contributed by atoms with E-state index in [1.807, 2.05) is 53.7 Å². The van der Waals surface area contributed by atoms with Crippen LogP contribution in [0.3, 0.4) is 0 Å². The molecule has 5 nitrogen and oxygen atoms in total. The monoisotopic (exact) mass is 456 g/mol. The molecule has 0 unspecified atom stereocenters. The third-order valence-electron chi connectivity index (χ3n) is 5.36. The smallest absolute Gasteiger partial charge is 0.351 e. The van der Waals surface area contributed by atoms with Gasteiger partial charge >= 0.3 is 11.6 Å². The van der Waals surface area contributed by atoms with Crippen LogP contribution in [0.25, 0.3) is 22.1 Å². The number of ether oxygens (including phenoxy) is 1. The largest absolute Gasteiger partial charge is 0.507 e. The third kappa shape index (κ3) is 4.40. The molecule has 0 radical (unpaired) electrons. The van der Waals surface area contributed by atoms with Crippen molar-refractivity contribution >= 4 is 28.5 Å². The van der Waals surface area contributed by atoms with E-state index in [2.05, 4.69) is 0 Å². The van der Waals surface area contributed by atoms with E-state index in [-0.39, 0.29) is 17.9 Å². The van der Waals surface area contributed by atoms with Gasteiger partial charge in [0.25, 0.3) is 0 Å². The number of hydrogen-bond acceptors (Lipinski definition) is 5. The first-order valence-corrected chi connectivity index (χ1v) is 10.9. The number of carbonyl (C=O) groups is 1. The minimum Gasteiger partial charge on any atom is -0.507 e. The van der Waals surface area contributed by atoms with Crippen LogP contribution >= 0.6 is 11.6 Å². The summed E-state index contributed by atoms with van der Waals surface area (Å²) in [7, 11) is 0. The van der Waals surface area contributed by atoms with Crippen LogP contribution in [0.2, 0.25) is 5.02 Å². The summed E-state index contributed by atoms with van der Waals surface area (Å²) in [6.07, 6.45) is 0. The highest BCUT2D eigenvalue weighted by atomic mass is 35.5. The number of benzene rings is 2. The van der Waals surface area contributed by atoms with Crippen molar-refractivity contribution < 1.29 is 19.1 Å². The first kappa shape index (κ1) is 23.9. The molecule has 0 fully saturated rings. The zero-order valence-electron chi connectivity index (χ0n) is 19.6. The van der Waals surface area contributed by atoms with Crippen LogP contribution in [0.5, 0.6) is 5.75 Å². The van der Waals surface area contributed by atoms with Gasteiger partial charge in [-0.05, 0) is 53.6 Å². The molecule has 3 aromatic rings. The van der Waals surface area contributed by atoms with E-state index in [1.54, 1.807) is 25.1 Å². The van der Waals surface area contributed by atoms with E-state index < -0.39 is 22.4 Å². The normalized spacial score (nSPS) is 12.2. The Balaban J connectivity index is 2.56. The summed E-state index contributed by atoms with van der Waals surface area (Å²) in [5.74, 6) is -0.558. The first-order chi connectivity index (χ1) is 14.8. The molecule has 0 atom stereocenters. The molecule has 1 heterocycles. The molecule has 0 aliphatic carbocycles. The summed E-state index contributed by atoms with van der Waals surface area (Å²) in [5, 5.41) is 12.1. The zero-order valence-corrected chi connectivity index (χ0v) is 20.3. The fraction of sp³-hybridized carbons (Fsp3) is 0.385. The molecule has 0 saturated carbocycles. The Morgan fingerprint density at radius 3 is 2.09 bits per heavy atom. The Bertz CT molecular complexity index is 1220. The summed E-state index contributed by atoms with van der Waals surface area (Å²) in [4.78, 5) is 25.8. The maximum Gasteiger partial charge on any atom is 0.351 e. The SMILES string of the molecule is CCOC(=O)c1c(-c2cc(C(C)(C)C)c(O)c(C(C)(C)C)c2)c2cc(Cl)ccc2oc1=O. The molecule has 0 spiro atoms. The van der Waals surface area contributed by atoms with E-state index >= 15 is 0 Å². The van der Waals surface area contributed by atoms with Gasteiger partial charge in [0.2, 0.25) is 0 Å². The predicted octanol–water partition coefficient (Wildman–Crippen LogP) is 6.59. The Morgan fingerprint density at radius 1 is 1.03 bits per heavy atom. The van der Waals surface area contributed by atoms with Crippen LogP contribution in [-0.4, -0.2) is 17.7 Å². The first-order valence-electron chi connectivity index (χ1n) is 10.6. The van der Waals surface area contributed by atoms with E-state index in [9.17, 15) is 14.7 Å². The molecule has 1 N–H and O–H groups in total. The number of hydrogen-bond donors (Lipinski definition) is 1. The summed E-state index contributed by atoms with van der Waals surface area (Å²) < 4.78 is 10.6. The quantitative estimate of drug-likeness (QED) is 0.355. The molecule has 0 aliphatic rings. The maximum absolute atomic E-state index is 12.9. The van der Waals surface area contributed by atoms with Gasteiger partial charge in [-0.3, -0.25) is 0 Å². The Kier molecular flexibility index (Phi) is 6.18. The molecule has 0 saturated heterocycles. The average molecular weight is 457 g/mol. The molecule has 2 aromatic carbocycles. The number of rotatable bonds is 3. The van der Waals surface area contributed by atoms with Gasteiger partial charge in [0.05, 0.1) is 6.61 Å². The average Bonchev–Trinajstić information content (AvgIpc) is 2.66. The van der Waals surface area contributed by atoms with Gasteiger partial charge in [-0.15, -0.1) is 0 Å². The maximum atomic E-state index is 12.9. The van der Waals surface area contributed by atoms with Crippen molar-refractivity contribution in [3.63, 3.8) is 0 Å². The van der Waals surface area contributed by atoms with Crippen molar-refractivity contribution in [3.8, 4) is 16.9 Å². The predicted molar refractivity (Wildman–Crippen MR) is 128 cm³/mol. The minimum absolute atomic E-state index is 0.112. The van der Waals surface area contributed by atoms with E-state index in [0.29, 0.717) is 38.2 Å². The van der Waals surface area contributed by atoms with E-state index in [1.165, 1.54) is 0 Å². The fourth-order valence-electron chi connectivity index (χ4n) is 3.78. The standard InChI is InChI=1S/C26H29ClO5/c1-8-31-23(29)21-20(16-13-15(27)9-10-19(16)32-24(21)30)14-11-17(25(2,3)4)22(28)18(12-14)26(5,6)7/h9-13,28H,8H2,1-7H3. The highest BCUT2D eigenvalue weighted by Crippen LogP contribution is 2.43. The van der Waals surface area contributed by atoms with Crippen molar-refractivity contribution in [2.24, 2.45) is 0 Å². The number of esters is 1. The van der Waals surface area contributed by atoms with Gasteiger partial charge in [0.1, 0.15) is 11.3 Å². The van der Waals surface area contributed by atoms with Crippen molar-refractivity contribution in [1.29, 1.82) is 0 Å². The van der Waals surface area contributed by atoms with Crippen LogP contribution in [0.1, 0.15) is 70.0 Å². The second-order valence-corrected chi connectivity index (χ2v) is 10.4. The van der Waals surface area contributed by atoms with Gasteiger partial charge in [0, 0.05) is 27.1 Å². The van der Waals surface area contributed by atoms with Crippen molar-refractivity contribution in [2.45, 2.75) is 59.3 Å². The van der Waals surface area contributed by atoms with Crippen LogP contribution in [0.4, 0.5) is 0 Å². The van der Waals surface area contributed by atoms with Crippen molar-refractivity contribution in [2.75, 3.05) is 6.61 Å². The molecule has 0 amide bonds. The summed E-state index contributed by atoms with van der Waals surface area (Å²) in [6.45, 7) is 13.8. The Hall–Kier alpha value is -2.79. The molecular formula is C26H29ClO5. The number of phenols is 1. The summed E-state index contributed by atoms with van der Waals surface area (Å²) >= 11 is 6.27. The molecule has 6 heteroatoms. The van der Waals surface area contributed by atoms with E-state index in [0.717, 1.165) is 0 Å². The lowest BCUT2D eigenvalue weighted by atomic mass is 9.77. The second-order valence-electron chi connectivity index (χ2n) is 9.92. The van der Waals surface area contributed by atoms with Crippen LogP contribution in [-0.2, 0) is 15.6 Å². The fourth-order valence-corrected chi connectivity index (χ4v) is 3.96. The lowest BCUT2D eigenvalue weighted by Gasteiger charge is -2.28. The third-order valence-corrected chi connectivity index (χ3v) is 5.60. The molecule has 170 valence electrons. The van der Waals surface area contributed by atoms with Gasteiger partial charge in [-0.25, -0.2) is 9.59 Å². The van der Waals surface area contributed by atoms with Gasteiger partial charge < -0.3 is 14.3 Å². The van der Waals surface area contributed by atoms with E-state index in [4.69, 9.17) is 20.8 Å². The van der Waals surface area contributed by atoms with Crippen molar-refractivity contribution in [1.82, 2.24) is 0 Å². The number of aromatic hydroxyl groups is 1. The highest BCUT2D eigenvalue weighted by molar-refractivity contribution is 6.31. The molecule has 0 bridgehead atoms. The van der Waals surface area contributed by atoms with Gasteiger partial charge in [-0.1, -0.05) is 53.1 Å². The highest BCUT2D eigenvalue weighted by Gasteiger charge is 2.30. The molecular weight excluding hydrogens is 428 g/mol. The van der Waals surface area contributed by atoms with Crippen molar-refractivity contribution in [3.05, 3.63) is 62.5 Å².